The Labute approximate surface area is 170 Å². The van der Waals surface area contributed by atoms with Crippen molar-refractivity contribution in [1.82, 2.24) is 19.7 Å². The normalized spacial score (nSPS) is 15.2. The number of H-pyrrole nitrogens is 1. The molecule has 0 aliphatic carbocycles. The van der Waals surface area contributed by atoms with Crippen molar-refractivity contribution in [3.05, 3.63) is 58.5 Å². The summed E-state index contributed by atoms with van der Waals surface area (Å²) < 4.78 is 1.51. The zero-order valence-electron chi connectivity index (χ0n) is 17.1. The highest BCUT2D eigenvalue weighted by Gasteiger charge is 2.18. The average Bonchev–Trinajstić information content (AvgIpc) is 3.10. The first-order chi connectivity index (χ1) is 13.9. The van der Waals surface area contributed by atoms with Crippen LogP contribution in [0.2, 0.25) is 0 Å². The van der Waals surface area contributed by atoms with Crippen LogP contribution in [0.3, 0.4) is 0 Å². The molecular formula is C22H27N5O2. The summed E-state index contributed by atoms with van der Waals surface area (Å²) in [5.41, 5.74) is 3.14. The molecule has 2 heterocycles. The van der Waals surface area contributed by atoms with E-state index in [4.69, 9.17) is 0 Å². The van der Waals surface area contributed by atoms with Crippen LogP contribution in [0.4, 0.5) is 5.69 Å². The maximum absolute atomic E-state index is 12.5. The van der Waals surface area contributed by atoms with Crippen LogP contribution in [0.1, 0.15) is 25.3 Å². The molecule has 2 aromatic carbocycles. The van der Waals surface area contributed by atoms with E-state index in [9.17, 15) is 9.90 Å². The molecule has 7 nitrogen and oxygen atoms in total. The van der Waals surface area contributed by atoms with E-state index in [1.54, 1.807) is 6.07 Å². The summed E-state index contributed by atoms with van der Waals surface area (Å²) in [5, 5.41) is 17.1. The minimum absolute atomic E-state index is 0.101. The second-order valence-electron chi connectivity index (χ2n) is 7.93. The van der Waals surface area contributed by atoms with E-state index in [1.165, 1.54) is 4.57 Å². The van der Waals surface area contributed by atoms with E-state index in [0.717, 1.165) is 37.4 Å². The quantitative estimate of drug-likeness (QED) is 0.713. The van der Waals surface area contributed by atoms with Gasteiger partial charge in [-0.05, 0) is 54.9 Å². The lowest BCUT2D eigenvalue weighted by Gasteiger charge is -2.34. The van der Waals surface area contributed by atoms with Gasteiger partial charge in [-0.1, -0.05) is 19.9 Å². The van der Waals surface area contributed by atoms with Crippen molar-refractivity contribution >= 4 is 5.69 Å². The van der Waals surface area contributed by atoms with Crippen LogP contribution in [0.25, 0.3) is 17.1 Å². The fourth-order valence-electron chi connectivity index (χ4n) is 3.69. The summed E-state index contributed by atoms with van der Waals surface area (Å²) in [6, 6.07) is 13.4. The summed E-state index contributed by atoms with van der Waals surface area (Å²) in [6.07, 6.45) is 0. The number of anilines is 1. The first-order valence-corrected chi connectivity index (χ1v) is 9.98. The predicted octanol–water partition coefficient (Wildman–Crippen LogP) is 2.81. The Morgan fingerprint density at radius 1 is 1.00 bits per heavy atom. The molecule has 29 heavy (non-hydrogen) atoms. The van der Waals surface area contributed by atoms with Gasteiger partial charge in [-0.2, -0.15) is 5.10 Å². The highest BCUT2D eigenvalue weighted by atomic mass is 16.3. The van der Waals surface area contributed by atoms with Crippen molar-refractivity contribution in [3.63, 3.8) is 0 Å². The van der Waals surface area contributed by atoms with E-state index in [-0.39, 0.29) is 11.4 Å². The van der Waals surface area contributed by atoms with Gasteiger partial charge in [0.15, 0.2) is 5.82 Å². The highest BCUT2D eigenvalue weighted by molar-refractivity contribution is 5.67. The topological polar surface area (TPSA) is 77.4 Å². The van der Waals surface area contributed by atoms with Crippen LogP contribution < -0.4 is 10.6 Å². The van der Waals surface area contributed by atoms with Crippen molar-refractivity contribution in [1.29, 1.82) is 0 Å². The standard InChI is InChI=1S/C22H27N5O2/c1-15(2)16-4-9-20(28)19(14-16)21-23-24-22(29)27(21)18-7-5-17(6-8-18)26-12-10-25(3)11-13-26/h4-9,14-15,28H,10-13H2,1-3H3,(H,24,29). The second kappa shape index (κ2) is 7.75. The number of aromatic hydroxyl groups is 1. The van der Waals surface area contributed by atoms with E-state index in [1.807, 2.05) is 36.4 Å². The first kappa shape index (κ1) is 19.3. The molecule has 4 rings (SSSR count). The van der Waals surface area contributed by atoms with Gasteiger partial charge in [0, 0.05) is 31.9 Å². The lowest BCUT2D eigenvalue weighted by molar-refractivity contribution is 0.313. The Balaban J connectivity index is 1.70. The van der Waals surface area contributed by atoms with Crippen molar-refractivity contribution in [3.8, 4) is 22.8 Å². The second-order valence-corrected chi connectivity index (χ2v) is 7.93. The molecule has 0 atom stereocenters. The zero-order valence-corrected chi connectivity index (χ0v) is 17.1. The Kier molecular flexibility index (Phi) is 5.15. The molecule has 1 aliphatic heterocycles. The average molecular weight is 393 g/mol. The van der Waals surface area contributed by atoms with Gasteiger partial charge in [0.2, 0.25) is 0 Å². The van der Waals surface area contributed by atoms with Gasteiger partial charge >= 0.3 is 5.69 Å². The first-order valence-electron chi connectivity index (χ1n) is 9.98. The number of hydrogen-bond donors (Lipinski definition) is 2. The van der Waals surface area contributed by atoms with Crippen molar-refractivity contribution in [2.24, 2.45) is 0 Å². The minimum Gasteiger partial charge on any atom is -0.507 e. The number of benzene rings is 2. The summed E-state index contributed by atoms with van der Waals surface area (Å²) in [5.74, 6) is 0.808. The molecule has 1 fully saturated rings. The molecule has 1 aliphatic rings. The van der Waals surface area contributed by atoms with Crippen LogP contribution >= 0.6 is 0 Å². The van der Waals surface area contributed by atoms with Crippen molar-refractivity contribution in [2.75, 3.05) is 38.1 Å². The number of phenolic OH excluding ortho intramolecular Hbond substituents is 1. The third-order valence-electron chi connectivity index (χ3n) is 5.58. The van der Waals surface area contributed by atoms with Crippen LogP contribution in [-0.4, -0.2) is 58.0 Å². The molecule has 2 N–H and O–H groups in total. The third-order valence-corrected chi connectivity index (χ3v) is 5.58. The van der Waals surface area contributed by atoms with Gasteiger partial charge in [0.25, 0.3) is 0 Å². The highest BCUT2D eigenvalue weighted by Crippen LogP contribution is 2.31. The molecular weight excluding hydrogens is 366 g/mol. The third kappa shape index (κ3) is 3.78. The van der Waals surface area contributed by atoms with E-state index >= 15 is 0 Å². The summed E-state index contributed by atoms with van der Waals surface area (Å²) in [6.45, 7) is 8.23. The summed E-state index contributed by atoms with van der Waals surface area (Å²) in [4.78, 5) is 17.2. The SMILES string of the molecule is CC(C)c1ccc(O)c(-c2n[nH]c(=O)n2-c2ccc(N3CCN(C)CC3)cc2)c1. The number of aromatic amines is 1. The largest absolute Gasteiger partial charge is 0.507 e. The Morgan fingerprint density at radius 3 is 2.31 bits per heavy atom. The van der Waals surface area contributed by atoms with Gasteiger partial charge < -0.3 is 14.9 Å². The van der Waals surface area contributed by atoms with Crippen LogP contribution in [0, 0.1) is 0 Å². The molecule has 0 spiro atoms. The molecule has 7 heteroatoms. The molecule has 0 saturated carbocycles. The van der Waals surface area contributed by atoms with Gasteiger partial charge in [0.1, 0.15) is 5.75 Å². The molecule has 1 saturated heterocycles. The Hall–Kier alpha value is -3.06. The molecule has 0 unspecified atom stereocenters. The van der Waals surface area contributed by atoms with Gasteiger partial charge in [-0.15, -0.1) is 0 Å². The van der Waals surface area contributed by atoms with E-state index < -0.39 is 0 Å². The molecule has 3 aromatic rings. The monoisotopic (exact) mass is 393 g/mol. The molecule has 1 aromatic heterocycles. The molecule has 0 amide bonds. The molecule has 0 bridgehead atoms. The van der Waals surface area contributed by atoms with Crippen LogP contribution in [0.5, 0.6) is 5.75 Å². The Bertz CT molecular complexity index is 1040. The summed E-state index contributed by atoms with van der Waals surface area (Å²) in [7, 11) is 2.14. The van der Waals surface area contributed by atoms with E-state index in [0.29, 0.717) is 23.0 Å². The van der Waals surface area contributed by atoms with E-state index in [2.05, 4.69) is 40.9 Å². The van der Waals surface area contributed by atoms with Gasteiger partial charge in [-0.3, -0.25) is 0 Å². The maximum Gasteiger partial charge on any atom is 0.348 e. The predicted molar refractivity (Wildman–Crippen MR) is 115 cm³/mol. The fourth-order valence-corrected chi connectivity index (χ4v) is 3.69. The van der Waals surface area contributed by atoms with Gasteiger partial charge in [-0.25, -0.2) is 14.5 Å². The smallest absolute Gasteiger partial charge is 0.348 e. The summed E-state index contributed by atoms with van der Waals surface area (Å²) >= 11 is 0. The fraction of sp³-hybridized carbons (Fsp3) is 0.364. The number of piperazine rings is 1. The van der Waals surface area contributed by atoms with Crippen LogP contribution in [-0.2, 0) is 0 Å². The van der Waals surface area contributed by atoms with Gasteiger partial charge in [0.05, 0.1) is 11.3 Å². The lowest BCUT2D eigenvalue weighted by Crippen LogP contribution is -2.44. The Morgan fingerprint density at radius 2 is 1.66 bits per heavy atom. The van der Waals surface area contributed by atoms with Crippen molar-refractivity contribution in [2.45, 2.75) is 19.8 Å². The number of aromatic nitrogens is 3. The molecule has 0 radical (unpaired) electrons. The number of nitrogens with zero attached hydrogens (tertiary/aromatic N) is 4. The minimum atomic E-state index is -0.332. The number of likely N-dealkylation sites (N-methyl/N-ethyl adjacent to an activating group) is 1. The lowest BCUT2D eigenvalue weighted by atomic mass is 10.00. The zero-order chi connectivity index (χ0) is 20.5. The number of phenols is 1. The van der Waals surface area contributed by atoms with Crippen molar-refractivity contribution < 1.29 is 5.11 Å². The maximum atomic E-state index is 12.5. The molecule has 152 valence electrons. The number of hydrogen-bond acceptors (Lipinski definition) is 5. The van der Waals surface area contributed by atoms with Crippen LogP contribution in [0.15, 0.2) is 47.3 Å². The number of nitrogens with one attached hydrogen (secondary N) is 1. The number of rotatable bonds is 4.